The molecule has 28 heavy (non-hydrogen) atoms. The first-order valence-electron chi connectivity index (χ1n) is 8.12. The second kappa shape index (κ2) is 8.53. The number of nitrogens with one attached hydrogen (secondary N) is 1. The number of nitrogens with zero attached hydrogens (tertiary/aromatic N) is 3. The average Bonchev–Trinajstić information content (AvgIpc) is 3.17. The lowest BCUT2D eigenvalue weighted by Gasteiger charge is -2.07. The molecule has 0 fully saturated rings. The highest BCUT2D eigenvalue weighted by Crippen LogP contribution is 2.25. The molecule has 0 aliphatic heterocycles. The quantitative estimate of drug-likeness (QED) is 0.362. The number of nitro groups is 1. The summed E-state index contributed by atoms with van der Waals surface area (Å²) in [4.78, 5) is 22.4. The van der Waals surface area contributed by atoms with Crippen LogP contribution < -0.4 is 10.1 Å². The van der Waals surface area contributed by atoms with Gasteiger partial charge in [0, 0.05) is 23.4 Å². The number of non-ortho nitro benzene ring substituents is 1. The molecule has 0 bridgehead atoms. The molecule has 1 aromatic heterocycles. The van der Waals surface area contributed by atoms with Gasteiger partial charge >= 0.3 is 0 Å². The molecule has 2 aromatic carbocycles. The van der Waals surface area contributed by atoms with E-state index in [2.05, 4.69) is 15.5 Å². The third-order valence-electron chi connectivity index (χ3n) is 3.77. The Morgan fingerprint density at radius 2 is 2.00 bits per heavy atom. The van der Waals surface area contributed by atoms with Crippen LogP contribution in [0.3, 0.4) is 0 Å². The van der Waals surface area contributed by atoms with Crippen LogP contribution in [0.25, 0.3) is 11.5 Å². The third kappa shape index (κ3) is 4.65. The molecular formula is C18H16N4O5S. The monoisotopic (exact) mass is 400 g/mol. The standard InChI is InChI=1S/C18H16N4O5S/c1-11-9-13(22(24)25)5-8-15(11)19-16(23)10-28-18-21-20-17(27-18)12-3-6-14(26-2)7-4-12/h3-9H,10H2,1-2H3,(H,19,23). The smallest absolute Gasteiger partial charge is 0.277 e. The van der Waals surface area contributed by atoms with Gasteiger partial charge in [-0.05, 0) is 42.8 Å². The van der Waals surface area contributed by atoms with Gasteiger partial charge in [-0.15, -0.1) is 10.2 Å². The normalized spacial score (nSPS) is 10.5. The Labute approximate surface area is 164 Å². The first-order valence-corrected chi connectivity index (χ1v) is 9.10. The van der Waals surface area contributed by atoms with E-state index < -0.39 is 4.92 Å². The van der Waals surface area contributed by atoms with E-state index in [4.69, 9.17) is 9.15 Å². The molecule has 0 spiro atoms. The summed E-state index contributed by atoms with van der Waals surface area (Å²) < 4.78 is 10.7. The van der Waals surface area contributed by atoms with Crippen LogP contribution in [0.4, 0.5) is 11.4 Å². The summed E-state index contributed by atoms with van der Waals surface area (Å²) >= 11 is 1.10. The summed E-state index contributed by atoms with van der Waals surface area (Å²) in [5.41, 5.74) is 1.83. The number of benzene rings is 2. The minimum atomic E-state index is -0.482. The van der Waals surface area contributed by atoms with Gasteiger partial charge in [0.2, 0.25) is 11.8 Å². The number of carbonyl (C=O) groups is 1. The Hall–Kier alpha value is -3.40. The summed E-state index contributed by atoms with van der Waals surface area (Å²) in [7, 11) is 1.58. The van der Waals surface area contributed by atoms with Gasteiger partial charge in [-0.3, -0.25) is 14.9 Å². The summed E-state index contributed by atoms with van der Waals surface area (Å²) in [5.74, 6) is 0.833. The highest BCUT2D eigenvalue weighted by atomic mass is 32.2. The topological polar surface area (TPSA) is 120 Å². The van der Waals surface area contributed by atoms with Crippen LogP contribution >= 0.6 is 11.8 Å². The van der Waals surface area contributed by atoms with Crippen molar-refractivity contribution in [2.45, 2.75) is 12.1 Å². The van der Waals surface area contributed by atoms with Crippen LogP contribution in [-0.4, -0.2) is 33.9 Å². The fourth-order valence-corrected chi connectivity index (χ4v) is 2.90. The molecule has 144 valence electrons. The summed E-state index contributed by atoms with van der Waals surface area (Å²) in [5, 5.41) is 21.6. The maximum Gasteiger partial charge on any atom is 0.277 e. The molecule has 3 rings (SSSR count). The molecule has 0 atom stereocenters. The van der Waals surface area contributed by atoms with Crippen LogP contribution in [-0.2, 0) is 4.79 Å². The molecule has 0 aliphatic rings. The molecule has 1 N–H and O–H groups in total. The maximum atomic E-state index is 12.1. The van der Waals surface area contributed by atoms with Crippen molar-refractivity contribution in [3.05, 3.63) is 58.1 Å². The fraction of sp³-hybridized carbons (Fsp3) is 0.167. The highest BCUT2D eigenvalue weighted by Gasteiger charge is 2.13. The first kappa shape index (κ1) is 19.4. The average molecular weight is 400 g/mol. The van der Waals surface area contributed by atoms with E-state index >= 15 is 0 Å². The van der Waals surface area contributed by atoms with E-state index in [0.717, 1.165) is 23.1 Å². The van der Waals surface area contributed by atoms with Crippen molar-refractivity contribution >= 4 is 29.0 Å². The minimum Gasteiger partial charge on any atom is -0.497 e. The number of rotatable bonds is 7. The Kier molecular flexibility index (Phi) is 5.90. The zero-order valence-corrected chi connectivity index (χ0v) is 15.9. The fourth-order valence-electron chi connectivity index (χ4n) is 2.33. The molecule has 0 radical (unpaired) electrons. The van der Waals surface area contributed by atoms with Crippen molar-refractivity contribution in [1.82, 2.24) is 10.2 Å². The van der Waals surface area contributed by atoms with E-state index in [9.17, 15) is 14.9 Å². The minimum absolute atomic E-state index is 0.0261. The van der Waals surface area contributed by atoms with E-state index in [1.807, 2.05) is 0 Å². The molecule has 3 aromatic rings. The second-order valence-electron chi connectivity index (χ2n) is 5.69. The molecular weight excluding hydrogens is 384 g/mol. The second-order valence-corrected chi connectivity index (χ2v) is 6.62. The zero-order valence-electron chi connectivity index (χ0n) is 15.0. The van der Waals surface area contributed by atoms with Crippen molar-refractivity contribution in [1.29, 1.82) is 0 Å². The Morgan fingerprint density at radius 3 is 2.64 bits per heavy atom. The highest BCUT2D eigenvalue weighted by molar-refractivity contribution is 7.99. The van der Waals surface area contributed by atoms with Gasteiger partial charge in [-0.25, -0.2) is 0 Å². The van der Waals surface area contributed by atoms with Crippen LogP contribution in [0.1, 0.15) is 5.56 Å². The molecule has 0 saturated carbocycles. The predicted molar refractivity (Wildman–Crippen MR) is 103 cm³/mol. The molecule has 0 saturated heterocycles. The SMILES string of the molecule is COc1ccc(-c2nnc(SCC(=O)Nc3ccc([N+](=O)[O-])cc3C)o2)cc1. The third-order valence-corrected chi connectivity index (χ3v) is 4.58. The first-order chi connectivity index (χ1) is 13.5. The molecule has 0 aliphatic carbocycles. The lowest BCUT2D eigenvalue weighted by molar-refractivity contribution is -0.384. The summed E-state index contributed by atoms with van der Waals surface area (Å²) in [6.45, 7) is 1.69. The molecule has 0 unspecified atom stereocenters. The lowest BCUT2D eigenvalue weighted by Crippen LogP contribution is -2.14. The van der Waals surface area contributed by atoms with Crippen molar-refractivity contribution in [3.8, 4) is 17.2 Å². The summed E-state index contributed by atoms with van der Waals surface area (Å²) in [6, 6.07) is 11.4. The predicted octanol–water partition coefficient (Wildman–Crippen LogP) is 3.69. The molecule has 1 heterocycles. The van der Waals surface area contributed by atoms with Gasteiger partial charge in [0.15, 0.2) is 0 Å². The van der Waals surface area contributed by atoms with Gasteiger partial charge in [-0.2, -0.15) is 0 Å². The number of anilines is 1. The number of hydrogen-bond donors (Lipinski definition) is 1. The van der Waals surface area contributed by atoms with Crippen LogP contribution in [0.2, 0.25) is 0 Å². The van der Waals surface area contributed by atoms with Crippen molar-refractivity contribution < 1.29 is 18.9 Å². The van der Waals surface area contributed by atoms with E-state index in [0.29, 0.717) is 17.1 Å². The largest absolute Gasteiger partial charge is 0.497 e. The number of methoxy groups -OCH3 is 1. The van der Waals surface area contributed by atoms with E-state index in [1.165, 1.54) is 18.2 Å². The summed E-state index contributed by atoms with van der Waals surface area (Å²) in [6.07, 6.45) is 0. The molecule has 9 nitrogen and oxygen atoms in total. The Balaban J connectivity index is 1.58. The van der Waals surface area contributed by atoms with E-state index in [1.54, 1.807) is 38.3 Å². The zero-order chi connectivity index (χ0) is 20.1. The van der Waals surface area contributed by atoms with Crippen molar-refractivity contribution in [2.75, 3.05) is 18.2 Å². The molecule has 10 heteroatoms. The molecule has 1 amide bonds. The number of carbonyl (C=O) groups excluding carboxylic acids is 1. The Bertz CT molecular complexity index is 1000. The maximum absolute atomic E-state index is 12.1. The van der Waals surface area contributed by atoms with Crippen LogP contribution in [0.15, 0.2) is 52.1 Å². The number of aryl methyl sites for hydroxylation is 1. The number of thioether (sulfide) groups is 1. The van der Waals surface area contributed by atoms with Crippen LogP contribution in [0, 0.1) is 17.0 Å². The van der Waals surface area contributed by atoms with Gasteiger partial charge in [0.1, 0.15) is 5.75 Å². The number of aromatic nitrogens is 2. The number of hydrogen-bond acceptors (Lipinski definition) is 8. The van der Waals surface area contributed by atoms with Crippen molar-refractivity contribution in [2.24, 2.45) is 0 Å². The van der Waals surface area contributed by atoms with Crippen LogP contribution in [0.5, 0.6) is 5.75 Å². The number of amides is 1. The van der Waals surface area contributed by atoms with Gasteiger partial charge in [-0.1, -0.05) is 11.8 Å². The number of nitro benzene ring substituents is 1. The van der Waals surface area contributed by atoms with E-state index in [-0.39, 0.29) is 22.6 Å². The van der Waals surface area contributed by atoms with Gasteiger partial charge in [0.25, 0.3) is 10.9 Å². The van der Waals surface area contributed by atoms with Gasteiger partial charge < -0.3 is 14.5 Å². The lowest BCUT2D eigenvalue weighted by atomic mass is 10.2. The Morgan fingerprint density at radius 1 is 1.25 bits per heavy atom. The van der Waals surface area contributed by atoms with Crippen molar-refractivity contribution in [3.63, 3.8) is 0 Å². The van der Waals surface area contributed by atoms with Gasteiger partial charge in [0.05, 0.1) is 17.8 Å². The number of ether oxygens (including phenoxy) is 1.